The van der Waals surface area contributed by atoms with Crippen LogP contribution in [-0.2, 0) is 13.3 Å². The summed E-state index contributed by atoms with van der Waals surface area (Å²) in [6.07, 6.45) is -28.8. The topological polar surface area (TPSA) is 27.7 Å². The van der Waals surface area contributed by atoms with E-state index in [1.54, 1.807) is 13.3 Å². The zero-order valence-corrected chi connectivity index (χ0v) is 11.8. The molecule has 0 radical (unpaired) electrons. The molecule has 0 saturated heterocycles. The minimum absolute atomic E-state index is 1.65. The van der Waals surface area contributed by atoms with Gasteiger partial charge < -0.3 is 0 Å². The molecule has 3 nitrogen and oxygen atoms in total. The minimum Gasteiger partial charge on any atom is -0.280 e. The molecule has 0 N–H and O–H groups in total. The highest BCUT2D eigenvalue weighted by molar-refractivity contribution is 6.64. The van der Waals surface area contributed by atoms with Crippen molar-refractivity contribution in [2.24, 2.45) is 0 Å². The average molecular weight is 452 g/mol. The molecule has 0 aliphatic heterocycles. The molecular formula is C6F16O3Si. The fraction of sp³-hybridized carbons (Fsp3) is 1.00. The molecule has 0 amide bonds. The highest BCUT2D eigenvalue weighted by Crippen LogP contribution is 2.54. The maximum absolute atomic E-state index is 13.3. The third kappa shape index (κ3) is 5.74. The van der Waals surface area contributed by atoms with E-state index >= 15 is 0 Å². The van der Waals surface area contributed by atoms with Crippen LogP contribution in [0.2, 0.25) is 0 Å². The summed E-state index contributed by atoms with van der Waals surface area (Å²) in [4.78, 5) is 0. The van der Waals surface area contributed by atoms with Crippen molar-refractivity contribution in [2.75, 3.05) is 0 Å². The van der Waals surface area contributed by atoms with E-state index in [2.05, 4.69) is 0 Å². The number of rotatable bonds is 5. The van der Waals surface area contributed by atoms with Crippen LogP contribution in [0.5, 0.6) is 0 Å². The smallest absolute Gasteiger partial charge is 0.280 e. The zero-order chi connectivity index (χ0) is 21.6. The maximum atomic E-state index is 13.3. The summed E-state index contributed by atoms with van der Waals surface area (Å²) in [6, 6.07) is 0. The van der Waals surface area contributed by atoms with Crippen molar-refractivity contribution >= 4 is 8.80 Å². The molecule has 0 spiro atoms. The van der Waals surface area contributed by atoms with Crippen LogP contribution in [0.1, 0.15) is 0 Å². The Kier molecular flexibility index (Phi) is 6.29. The first-order chi connectivity index (χ1) is 10.9. The van der Waals surface area contributed by atoms with Crippen LogP contribution in [0.4, 0.5) is 70.2 Å². The van der Waals surface area contributed by atoms with Gasteiger partial charge >= 0.3 is 45.5 Å². The molecule has 0 aliphatic carbocycles. The Morgan fingerprint density at radius 1 is 0.423 bits per heavy atom. The van der Waals surface area contributed by atoms with Crippen LogP contribution in [0.3, 0.4) is 0 Å². The first kappa shape index (κ1) is 25.0. The van der Waals surface area contributed by atoms with E-state index in [0.717, 1.165) is 0 Å². The van der Waals surface area contributed by atoms with Crippen LogP contribution < -0.4 is 0 Å². The van der Waals surface area contributed by atoms with Gasteiger partial charge in [0.25, 0.3) is 0 Å². The van der Waals surface area contributed by atoms with Gasteiger partial charge in [-0.1, -0.05) is 0 Å². The van der Waals surface area contributed by atoms with Crippen LogP contribution in [0, 0.1) is 0 Å². The lowest BCUT2D eigenvalue weighted by Crippen LogP contribution is -2.74. The lowest BCUT2D eigenvalue weighted by Gasteiger charge is -2.39. The molecule has 0 aromatic heterocycles. The van der Waals surface area contributed by atoms with Gasteiger partial charge in [0.15, 0.2) is 0 Å². The van der Waals surface area contributed by atoms with Crippen molar-refractivity contribution in [1.29, 1.82) is 0 Å². The van der Waals surface area contributed by atoms with Crippen LogP contribution in [0.25, 0.3) is 0 Å². The molecule has 20 heteroatoms. The van der Waals surface area contributed by atoms with Crippen molar-refractivity contribution < 1.29 is 83.5 Å². The monoisotopic (exact) mass is 452 g/mol. The lowest BCUT2D eigenvalue weighted by molar-refractivity contribution is -0.402. The van der Waals surface area contributed by atoms with Crippen LogP contribution in [-0.4, -0.2) is 45.5 Å². The highest BCUT2D eigenvalue weighted by Gasteiger charge is 2.89. The summed E-state index contributed by atoms with van der Waals surface area (Å²) >= 11 is 0. The Hall–Kier alpha value is -1.02. The zero-order valence-electron chi connectivity index (χ0n) is 10.8. The van der Waals surface area contributed by atoms with Gasteiger partial charge in [-0.2, -0.15) is 30.7 Å². The van der Waals surface area contributed by atoms with Crippen molar-refractivity contribution in [3.8, 4) is 0 Å². The number of hydrogen-bond acceptors (Lipinski definition) is 3. The molecule has 0 heterocycles. The molecule has 0 unspecified atom stereocenters. The second kappa shape index (κ2) is 6.55. The van der Waals surface area contributed by atoms with Gasteiger partial charge in [0.05, 0.1) is 0 Å². The molecular weight excluding hydrogens is 452 g/mol. The summed E-state index contributed by atoms with van der Waals surface area (Å²) in [5.74, 6) is -7.92. The van der Waals surface area contributed by atoms with E-state index in [1.165, 1.54) is 0 Å². The van der Waals surface area contributed by atoms with Crippen molar-refractivity contribution in [3.05, 3.63) is 0 Å². The Bertz CT molecular complexity index is 443. The second-order valence-electron chi connectivity index (χ2n) is 3.85. The van der Waals surface area contributed by atoms with Crippen LogP contribution >= 0.6 is 0 Å². The standard InChI is InChI=1S/C6F16O3Si/c7-1(8,2(9,10)11)3(12,13)26(23-4(14,15)16,24-5(17,18)19)25-6(20,21)22. The Labute approximate surface area is 130 Å². The van der Waals surface area contributed by atoms with Gasteiger partial charge in [0.2, 0.25) is 0 Å². The summed E-state index contributed by atoms with van der Waals surface area (Å²) in [6.45, 7) is 0. The molecule has 26 heavy (non-hydrogen) atoms. The molecule has 0 aliphatic rings. The predicted molar refractivity (Wildman–Crippen MR) is 43.1 cm³/mol. The molecule has 0 bridgehead atoms. The van der Waals surface area contributed by atoms with E-state index in [4.69, 9.17) is 0 Å². The molecule has 0 aromatic rings. The SMILES string of the molecule is FC(F)(F)O[Si](OC(F)(F)F)(OC(F)(F)F)C(F)(F)C(F)(F)C(F)(F)F. The number of halogens is 16. The first-order valence-corrected chi connectivity index (χ1v) is 6.72. The quantitative estimate of drug-likeness (QED) is 0.439. The highest BCUT2D eigenvalue weighted by atomic mass is 28.4. The van der Waals surface area contributed by atoms with Crippen LogP contribution in [0.15, 0.2) is 0 Å². The Morgan fingerprint density at radius 3 is 0.808 bits per heavy atom. The third-order valence-electron chi connectivity index (χ3n) is 1.89. The molecule has 0 fully saturated rings. The largest absolute Gasteiger partial charge is 0.601 e. The molecule has 0 atom stereocenters. The summed E-state index contributed by atoms with van der Waals surface area (Å²) in [7, 11) is -9.35. The van der Waals surface area contributed by atoms with Gasteiger partial charge in [-0.15, -0.1) is 39.5 Å². The van der Waals surface area contributed by atoms with Gasteiger partial charge in [-0.3, -0.25) is 13.3 Å². The number of alkyl halides is 16. The van der Waals surface area contributed by atoms with Crippen molar-refractivity contribution in [3.63, 3.8) is 0 Å². The Morgan fingerprint density at radius 2 is 0.654 bits per heavy atom. The van der Waals surface area contributed by atoms with Gasteiger partial charge in [-0.05, 0) is 0 Å². The van der Waals surface area contributed by atoms with E-state index < -0.39 is 45.5 Å². The summed E-state index contributed by atoms with van der Waals surface area (Å²) in [5, 5.41) is 0. The van der Waals surface area contributed by atoms with Gasteiger partial charge in [0.1, 0.15) is 0 Å². The average Bonchev–Trinajstić information content (AvgIpc) is 2.18. The third-order valence-corrected chi connectivity index (χ3v) is 4.47. The maximum Gasteiger partial charge on any atom is 0.601 e. The Balaban J connectivity index is 6.76. The molecule has 0 aromatic carbocycles. The lowest BCUT2D eigenvalue weighted by atomic mass is 10.3. The van der Waals surface area contributed by atoms with E-state index in [1.807, 2.05) is 0 Å². The fourth-order valence-corrected chi connectivity index (χ4v) is 3.03. The molecule has 0 saturated carbocycles. The normalized spacial score (nSPS) is 16.2. The van der Waals surface area contributed by atoms with Crippen molar-refractivity contribution in [1.82, 2.24) is 0 Å². The minimum atomic E-state index is -9.35. The predicted octanol–water partition coefficient (Wildman–Crippen LogP) is 4.91. The fourth-order valence-electron chi connectivity index (χ4n) is 1.08. The molecule has 0 rings (SSSR count). The first-order valence-electron chi connectivity index (χ1n) is 5.00. The second-order valence-corrected chi connectivity index (χ2v) is 6.20. The number of hydrogen-bond donors (Lipinski definition) is 0. The van der Waals surface area contributed by atoms with Gasteiger partial charge in [0, 0.05) is 0 Å². The van der Waals surface area contributed by atoms with E-state index in [9.17, 15) is 70.2 Å². The van der Waals surface area contributed by atoms with Gasteiger partial charge in [-0.25, -0.2) is 0 Å². The van der Waals surface area contributed by atoms with Crippen molar-refractivity contribution in [2.45, 2.75) is 36.7 Å². The molecule has 158 valence electrons. The van der Waals surface area contributed by atoms with E-state index in [-0.39, 0.29) is 0 Å². The summed E-state index contributed by atoms with van der Waals surface area (Å²) < 4.78 is 201. The van der Waals surface area contributed by atoms with E-state index in [0.29, 0.717) is 0 Å². The summed E-state index contributed by atoms with van der Waals surface area (Å²) in [5.41, 5.74) is -7.93.